The van der Waals surface area contributed by atoms with E-state index in [1.54, 1.807) is 0 Å². The molecule has 0 saturated heterocycles. The lowest BCUT2D eigenvalue weighted by molar-refractivity contribution is -0.142. The maximum atomic E-state index is 11.0. The van der Waals surface area contributed by atoms with Crippen LogP contribution in [0.1, 0.15) is 32.6 Å². The van der Waals surface area contributed by atoms with Crippen LogP contribution in [-0.4, -0.2) is 21.7 Å². The summed E-state index contributed by atoms with van der Waals surface area (Å²) in [5, 5.41) is 0.00752. The summed E-state index contributed by atoms with van der Waals surface area (Å²) in [5.74, 6) is -0.855. The van der Waals surface area contributed by atoms with Gasteiger partial charge in [0, 0.05) is 5.38 Å². The number of hydrogen-bond acceptors (Lipinski definition) is 2. The highest BCUT2D eigenvalue weighted by molar-refractivity contribution is 6.75. The van der Waals surface area contributed by atoms with Crippen molar-refractivity contribution in [1.82, 2.24) is 0 Å². The van der Waals surface area contributed by atoms with Gasteiger partial charge in [-0.1, -0.05) is 54.6 Å². The van der Waals surface area contributed by atoms with Crippen LogP contribution in [0, 0.1) is 0 Å². The SMILES string of the molecule is CCCCC(Cl)CCOC(=O)C(Cl)(Cl)Cl. The van der Waals surface area contributed by atoms with Gasteiger partial charge in [0.25, 0.3) is 3.79 Å². The van der Waals surface area contributed by atoms with E-state index in [4.69, 9.17) is 51.1 Å². The number of unbranched alkanes of at least 4 members (excludes halogenated alkanes) is 1. The molecule has 0 aromatic heterocycles. The fraction of sp³-hybridized carbons (Fsp3) is 0.889. The molecule has 15 heavy (non-hydrogen) atoms. The van der Waals surface area contributed by atoms with Crippen LogP contribution >= 0.6 is 46.4 Å². The van der Waals surface area contributed by atoms with Gasteiger partial charge < -0.3 is 4.74 Å². The van der Waals surface area contributed by atoms with Crippen LogP contribution in [0.25, 0.3) is 0 Å². The predicted molar refractivity (Wildman–Crippen MR) is 65.0 cm³/mol. The number of carbonyl (C=O) groups excluding carboxylic acids is 1. The van der Waals surface area contributed by atoms with Crippen molar-refractivity contribution in [2.24, 2.45) is 0 Å². The third-order valence-corrected chi connectivity index (χ3v) is 2.67. The zero-order valence-electron chi connectivity index (χ0n) is 8.44. The topological polar surface area (TPSA) is 26.3 Å². The zero-order chi connectivity index (χ0) is 11.9. The molecule has 90 valence electrons. The van der Waals surface area contributed by atoms with E-state index in [2.05, 4.69) is 6.92 Å². The third kappa shape index (κ3) is 8.44. The molecule has 0 aliphatic heterocycles. The van der Waals surface area contributed by atoms with Crippen LogP contribution in [0.3, 0.4) is 0 Å². The van der Waals surface area contributed by atoms with Crippen molar-refractivity contribution in [2.75, 3.05) is 6.61 Å². The first kappa shape index (κ1) is 15.6. The van der Waals surface area contributed by atoms with E-state index in [9.17, 15) is 4.79 Å². The number of esters is 1. The average molecular weight is 296 g/mol. The molecular formula is C9H14Cl4O2. The van der Waals surface area contributed by atoms with E-state index in [1.807, 2.05) is 0 Å². The average Bonchev–Trinajstić information content (AvgIpc) is 2.13. The molecular weight excluding hydrogens is 282 g/mol. The fourth-order valence-electron chi connectivity index (χ4n) is 0.931. The van der Waals surface area contributed by atoms with Crippen molar-refractivity contribution in [3.05, 3.63) is 0 Å². The lowest BCUT2D eigenvalue weighted by Crippen LogP contribution is -2.23. The van der Waals surface area contributed by atoms with Gasteiger partial charge >= 0.3 is 5.97 Å². The molecule has 2 nitrogen and oxygen atoms in total. The molecule has 0 aliphatic rings. The van der Waals surface area contributed by atoms with Gasteiger partial charge in [-0.3, -0.25) is 0 Å². The minimum Gasteiger partial charge on any atom is -0.462 e. The first-order valence-corrected chi connectivity index (χ1v) is 6.33. The summed E-state index contributed by atoms with van der Waals surface area (Å²) < 4.78 is 2.74. The molecule has 0 heterocycles. The minimum atomic E-state index is -1.99. The molecule has 0 amide bonds. The van der Waals surface area contributed by atoms with Crippen molar-refractivity contribution >= 4 is 52.4 Å². The van der Waals surface area contributed by atoms with Crippen LogP contribution in [-0.2, 0) is 9.53 Å². The Morgan fingerprint density at radius 3 is 2.40 bits per heavy atom. The fourth-order valence-corrected chi connectivity index (χ4v) is 1.34. The van der Waals surface area contributed by atoms with E-state index in [0.29, 0.717) is 6.42 Å². The second kappa shape index (κ2) is 7.83. The Kier molecular flexibility index (Phi) is 8.16. The zero-order valence-corrected chi connectivity index (χ0v) is 11.5. The number of hydrogen-bond donors (Lipinski definition) is 0. The second-order valence-corrected chi connectivity index (χ2v) is 6.06. The van der Waals surface area contributed by atoms with E-state index in [0.717, 1.165) is 19.3 Å². The van der Waals surface area contributed by atoms with Gasteiger partial charge in [0.05, 0.1) is 6.61 Å². The first-order chi connectivity index (χ1) is 6.88. The largest absolute Gasteiger partial charge is 0.462 e. The van der Waals surface area contributed by atoms with Gasteiger partial charge in [-0.25, -0.2) is 4.79 Å². The highest BCUT2D eigenvalue weighted by Crippen LogP contribution is 2.27. The number of ether oxygens (including phenoxy) is 1. The van der Waals surface area contributed by atoms with Gasteiger partial charge in [-0.05, 0) is 12.8 Å². The Bertz CT molecular complexity index is 191. The molecule has 0 aliphatic carbocycles. The summed E-state index contributed by atoms with van der Waals surface area (Å²) in [4.78, 5) is 11.0. The Labute approximate surface area is 110 Å². The quantitative estimate of drug-likeness (QED) is 0.545. The standard InChI is InChI=1S/C9H14Cl4O2/c1-2-3-4-7(10)5-6-15-8(14)9(11,12)13/h7H,2-6H2,1H3. The molecule has 0 aromatic carbocycles. The maximum Gasteiger partial charge on any atom is 0.358 e. The number of rotatable bonds is 6. The Hall–Kier alpha value is 0.630. The van der Waals surface area contributed by atoms with Crippen LogP contribution < -0.4 is 0 Å². The van der Waals surface area contributed by atoms with E-state index < -0.39 is 9.76 Å². The lowest BCUT2D eigenvalue weighted by Gasteiger charge is -2.12. The van der Waals surface area contributed by atoms with Crippen molar-refractivity contribution < 1.29 is 9.53 Å². The van der Waals surface area contributed by atoms with Crippen LogP contribution in [0.2, 0.25) is 0 Å². The molecule has 1 unspecified atom stereocenters. The third-order valence-electron chi connectivity index (χ3n) is 1.77. The summed E-state index contributed by atoms with van der Waals surface area (Å²) in [7, 11) is 0. The summed E-state index contributed by atoms with van der Waals surface area (Å²) in [5.41, 5.74) is 0. The Balaban J connectivity index is 3.57. The monoisotopic (exact) mass is 294 g/mol. The molecule has 0 rings (SSSR count). The molecule has 6 heteroatoms. The van der Waals surface area contributed by atoms with Gasteiger partial charge in [0.2, 0.25) is 0 Å². The van der Waals surface area contributed by atoms with Gasteiger partial charge in [0.15, 0.2) is 0 Å². The van der Waals surface area contributed by atoms with Gasteiger partial charge in [-0.2, -0.15) is 0 Å². The van der Waals surface area contributed by atoms with Crippen molar-refractivity contribution in [3.63, 3.8) is 0 Å². The number of alkyl halides is 4. The van der Waals surface area contributed by atoms with Gasteiger partial charge in [-0.15, -0.1) is 11.6 Å². The highest BCUT2D eigenvalue weighted by Gasteiger charge is 2.32. The van der Waals surface area contributed by atoms with E-state index in [1.165, 1.54) is 0 Å². The van der Waals surface area contributed by atoms with Gasteiger partial charge in [0.1, 0.15) is 0 Å². The molecule has 1 atom stereocenters. The summed E-state index contributed by atoms with van der Waals surface area (Å²) in [6.45, 7) is 2.27. The second-order valence-electron chi connectivity index (χ2n) is 3.16. The molecule has 0 N–H and O–H groups in total. The van der Waals surface area contributed by atoms with E-state index >= 15 is 0 Å². The molecule has 0 fully saturated rings. The highest BCUT2D eigenvalue weighted by atomic mass is 35.6. The summed E-state index contributed by atoms with van der Waals surface area (Å²) in [6, 6.07) is 0. The van der Waals surface area contributed by atoms with Crippen LogP contribution in [0.4, 0.5) is 0 Å². The number of carbonyl (C=O) groups is 1. The lowest BCUT2D eigenvalue weighted by atomic mass is 10.1. The maximum absolute atomic E-state index is 11.0. The van der Waals surface area contributed by atoms with Crippen LogP contribution in [0.15, 0.2) is 0 Å². The van der Waals surface area contributed by atoms with Crippen LogP contribution in [0.5, 0.6) is 0 Å². The summed E-state index contributed by atoms with van der Waals surface area (Å²) >= 11 is 21.9. The Morgan fingerprint density at radius 1 is 1.33 bits per heavy atom. The summed E-state index contributed by atoms with van der Waals surface area (Å²) in [6.07, 6.45) is 3.64. The molecule has 0 radical (unpaired) electrons. The van der Waals surface area contributed by atoms with Crippen molar-refractivity contribution in [3.8, 4) is 0 Å². The molecule has 0 aromatic rings. The Morgan fingerprint density at radius 2 is 1.93 bits per heavy atom. The normalized spacial score (nSPS) is 13.7. The number of halogens is 4. The van der Waals surface area contributed by atoms with E-state index in [-0.39, 0.29) is 12.0 Å². The predicted octanol–water partition coefficient (Wildman–Crippen LogP) is 4.09. The minimum absolute atomic E-state index is 0.00752. The van der Waals surface area contributed by atoms with Crippen molar-refractivity contribution in [1.29, 1.82) is 0 Å². The molecule has 0 bridgehead atoms. The molecule has 0 saturated carbocycles. The van der Waals surface area contributed by atoms with Crippen molar-refractivity contribution in [2.45, 2.75) is 41.8 Å². The molecule has 0 spiro atoms. The first-order valence-electron chi connectivity index (χ1n) is 4.76. The smallest absolute Gasteiger partial charge is 0.358 e.